The van der Waals surface area contributed by atoms with Crippen LogP contribution in [0.5, 0.6) is 5.75 Å². The Morgan fingerprint density at radius 2 is 1.64 bits per heavy atom. The molecule has 33 heavy (non-hydrogen) atoms. The van der Waals surface area contributed by atoms with Crippen molar-refractivity contribution in [2.24, 2.45) is 5.10 Å². The summed E-state index contributed by atoms with van der Waals surface area (Å²) in [6, 6.07) is 24.2. The molecular weight excluding hydrogens is 438 g/mol. The zero-order chi connectivity index (χ0) is 23.7. The van der Waals surface area contributed by atoms with Gasteiger partial charge in [0.05, 0.1) is 18.2 Å². The number of anilines is 1. The first-order valence-electron chi connectivity index (χ1n) is 10.5. The molecule has 3 aromatic carbocycles. The van der Waals surface area contributed by atoms with Gasteiger partial charge >= 0.3 is 0 Å². The fourth-order valence-electron chi connectivity index (χ4n) is 3.09. The van der Waals surface area contributed by atoms with Gasteiger partial charge < -0.3 is 4.74 Å². The summed E-state index contributed by atoms with van der Waals surface area (Å²) in [7, 11) is -3.65. The van der Waals surface area contributed by atoms with Crippen LogP contribution in [0.15, 0.2) is 84.0 Å². The number of sulfonamides is 1. The molecule has 0 atom stereocenters. The summed E-state index contributed by atoms with van der Waals surface area (Å²) in [6.45, 7) is 2.03. The van der Waals surface area contributed by atoms with Gasteiger partial charge in [0.2, 0.25) is 10.0 Å². The van der Waals surface area contributed by atoms with E-state index in [4.69, 9.17) is 4.74 Å². The number of hydrazone groups is 1. The predicted molar refractivity (Wildman–Crippen MR) is 131 cm³/mol. The maximum absolute atomic E-state index is 12.4. The van der Waals surface area contributed by atoms with Crippen molar-refractivity contribution in [3.8, 4) is 5.75 Å². The predicted octanol–water partition coefficient (Wildman–Crippen LogP) is 3.74. The molecule has 0 aliphatic carbocycles. The number of hydrogen-bond donors (Lipinski definition) is 1. The molecule has 0 saturated heterocycles. The Balaban J connectivity index is 1.64. The van der Waals surface area contributed by atoms with E-state index in [9.17, 15) is 13.2 Å². The van der Waals surface area contributed by atoms with Crippen molar-refractivity contribution in [3.63, 3.8) is 0 Å². The highest BCUT2D eigenvalue weighted by Gasteiger charge is 2.20. The Hall–Kier alpha value is -3.65. The average Bonchev–Trinajstić information content (AvgIpc) is 2.82. The van der Waals surface area contributed by atoms with Gasteiger partial charge in [0.15, 0.2) is 0 Å². The lowest BCUT2D eigenvalue weighted by atomic mass is 10.1. The van der Waals surface area contributed by atoms with Gasteiger partial charge in [0.25, 0.3) is 5.91 Å². The van der Waals surface area contributed by atoms with Gasteiger partial charge in [-0.05, 0) is 41.8 Å². The van der Waals surface area contributed by atoms with Crippen LogP contribution < -0.4 is 14.5 Å². The standard InChI is InChI=1S/C25H27N3O4S/c1-3-20-13-15-23(16-14-20)28(33(2,30)31)18-25(29)27-26-17-22-11-7-8-12-24(22)32-19-21-9-5-4-6-10-21/h4-17H,3,18-19H2,1-2H3,(H,27,29)/b26-17-. The summed E-state index contributed by atoms with van der Waals surface area (Å²) in [5.41, 5.74) is 5.62. The molecule has 0 aromatic heterocycles. The fraction of sp³-hybridized carbons (Fsp3) is 0.200. The summed E-state index contributed by atoms with van der Waals surface area (Å²) in [5, 5.41) is 3.99. The van der Waals surface area contributed by atoms with Gasteiger partial charge in [-0.3, -0.25) is 9.10 Å². The normalized spacial score (nSPS) is 11.3. The highest BCUT2D eigenvalue weighted by molar-refractivity contribution is 7.92. The van der Waals surface area contributed by atoms with E-state index >= 15 is 0 Å². The third-order valence-electron chi connectivity index (χ3n) is 4.87. The van der Waals surface area contributed by atoms with Crippen molar-refractivity contribution in [2.45, 2.75) is 20.0 Å². The zero-order valence-corrected chi connectivity index (χ0v) is 19.5. The smallest absolute Gasteiger partial charge is 0.260 e. The van der Waals surface area contributed by atoms with E-state index in [0.717, 1.165) is 28.1 Å². The van der Waals surface area contributed by atoms with E-state index in [0.29, 0.717) is 23.6 Å². The van der Waals surface area contributed by atoms with Crippen molar-refractivity contribution in [1.82, 2.24) is 5.43 Å². The maximum atomic E-state index is 12.4. The Morgan fingerprint density at radius 1 is 0.970 bits per heavy atom. The third kappa shape index (κ3) is 7.18. The number of rotatable bonds is 10. The van der Waals surface area contributed by atoms with Crippen molar-refractivity contribution < 1.29 is 17.9 Å². The van der Waals surface area contributed by atoms with E-state index in [1.807, 2.05) is 73.7 Å². The highest BCUT2D eigenvalue weighted by atomic mass is 32.2. The largest absolute Gasteiger partial charge is 0.488 e. The van der Waals surface area contributed by atoms with Gasteiger partial charge in [-0.15, -0.1) is 0 Å². The first kappa shape index (κ1) is 24.0. The Labute approximate surface area is 194 Å². The minimum absolute atomic E-state index is 0.381. The van der Waals surface area contributed by atoms with Crippen molar-refractivity contribution >= 4 is 27.8 Å². The molecule has 0 spiro atoms. The van der Waals surface area contributed by atoms with Crippen molar-refractivity contribution in [3.05, 3.63) is 95.6 Å². The SMILES string of the molecule is CCc1ccc(N(CC(=O)N/N=C\c2ccccc2OCc2ccccc2)S(C)(=O)=O)cc1. The second-order valence-corrected chi connectivity index (χ2v) is 9.30. The molecule has 0 bridgehead atoms. The molecule has 3 aromatic rings. The van der Waals surface area contributed by atoms with Crippen LogP contribution in [0, 0.1) is 0 Å². The number of nitrogens with one attached hydrogen (secondary N) is 1. The van der Waals surface area contributed by atoms with Crippen LogP contribution >= 0.6 is 0 Å². The monoisotopic (exact) mass is 465 g/mol. The Bertz CT molecular complexity index is 1190. The minimum atomic E-state index is -3.65. The number of aryl methyl sites for hydroxylation is 1. The Kier molecular flexibility index (Phi) is 8.21. The number of benzene rings is 3. The van der Waals surface area contributed by atoms with Crippen LogP contribution in [0.2, 0.25) is 0 Å². The average molecular weight is 466 g/mol. The van der Waals surface area contributed by atoms with Crippen LogP contribution in [0.25, 0.3) is 0 Å². The summed E-state index contributed by atoms with van der Waals surface area (Å²) in [4.78, 5) is 12.4. The zero-order valence-electron chi connectivity index (χ0n) is 18.6. The van der Waals surface area contributed by atoms with E-state index < -0.39 is 15.9 Å². The third-order valence-corrected chi connectivity index (χ3v) is 6.01. The van der Waals surface area contributed by atoms with Crippen LogP contribution in [-0.4, -0.2) is 33.3 Å². The number of para-hydroxylation sites is 1. The number of hydrogen-bond acceptors (Lipinski definition) is 5. The van der Waals surface area contributed by atoms with Gasteiger partial charge in [0, 0.05) is 5.56 Å². The molecule has 0 heterocycles. The number of amides is 1. The van der Waals surface area contributed by atoms with Crippen LogP contribution in [0.3, 0.4) is 0 Å². The van der Waals surface area contributed by atoms with Crippen LogP contribution in [0.1, 0.15) is 23.6 Å². The molecule has 7 nitrogen and oxygen atoms in total. The first-order chi connectivity index (χ1) is 15.9. The summed E-state index contributed by atoms with van der Waals surface area (Å²) in [6.07, 6.45) is 3.38. The van der Waals surface area contributed by atoms with Crippen molar-refractivity contribution in [1.29, 1.82) is 0 Å². The molecule has 0 radical (unpaired) electrons. The van der Waals surface area contributed by atoms with Gasteiger partial charge in [-0.2, -0.15) is 5.10 Å². The summed E-state index contributed by atoms with van der Waals surface area (Å²) in [5.74, 6) is 0.0621. The number of ether oxygens (including phenoxy) is 1. The second kappa shape index (κ2) is 11.3. The maximum Gasteiger partial charge on any atom is 0.260 e. The lowest BCUT2D eigenvalue weighted by Crippen LogP contribution is -2.39. The number of carbonyl (C=O) groups is 1. The molecule has 172 valence electrons. The van der Waals surface area contributed by atoms with Gasteiger partial charge in [-0.1, -0.05) is 61.5 Å². The van der Waals surface area contributed by atoms with Gasteiger partial charge in [0.1, 0.15) is 18.9 Å². The van der Waals surface area contributed by atoms with E-state index in [1.54, 1.807) is 12.1 Å². The topological polar surface area (TPSA) is 88.1 Å². The van der Waals surface area contributed by atoms with Crippen molar-refractivity contribution in [2.75, 3.05) is 17.1 Å². The minimum Gasteiger partial charge on any atom is -0.488 e. The molecule has 0 fully saturated rings. The van der Waals surface area contributed by atoms with Crippen LogP contribution in [-0.2, 0) is 27.8 Å². The van der Waals surface area contributed by atoms with E-state index in [-0.39, 0.29) is 6.54 Å². The van der Waals surface area contributed by atoms with E-state index in [1.165, 1.54) is 6.21 Å². The lowest BCUT2D eigenvalue weighted by Gasteiger charge is -2.21. The molecule has 8 heteroatoms. The highest BCUT2D eigenvalue weighted by Crippen LogP contribution is 2.19. The summed E-state index contributed by atoms with van der Waals surface area (Å²) >= 11 is 0. The van der Waals surface area contributed by atoms with E-state index in [2.05, 4.69) is 10.5 Å². The lowest BCUT2D eigenvalue weighted by molar-refractivity contribution is -0.119. The second-order valence-electron chi connectivity index (χ2n) is 7.39. The van der Waals surface area contributed by atoms with Gasteiger partial charge in [-0.25, -0.2) is 13.8 Å². The summed E-state index contributed by atoms with van der Waals surface area (Å²) < 4.78 is 31.4. The molecule has 1 N–H and O–H groups in total. The Morgan fingerprint density at radius 3 is 2.30 bits per heavy atom. The number of carbonyl (C=O) groups excluding carboxylic acids is 1. The molecule has 1 amide bonds. The fourth-order valence-corrected chi connectivity index (χ4v) is 3.95. The molecule has 0 aliphatic rings. The molecule has 0 unspecified atom stereocenters. The molecule has 0 saturated carbocycles. The van der Waals surface area contributed by atoms with Crippen LogP contribution in [0.4, 0.5) is 5.69 Å². The first-order valence-corrected chi connectivity index (χ1v) is 12.4. The molecular formula is C25H27N3O4S. The molecule has 0 aliphatic heterocycles. The number of nitrogens with zero attached hydrogens (tertiary/aromatic N) is 2. The quantitative estimate of drug-likeness (QED) is 0.365. The molecule has 3 rings (SSSR count).